The van der Waals surface area contributed by atoms with Gasteiger partial charge in [-0.3, -0.25) is 4.79 Å². The molecule has 1 fully saturated rings. The van der Waals surface area contributed by atoms with Crippen LogP contribution in [0.3, 0.4) is 0 Å². The normalized spacial score (nSPS) is 17.8. The van der Waals surface area contributed by atoms with E-state index in [0.29, 0.717) is 12.8 Å². The molecule has 0 radical (unpaired) electrons. The monoisotopic (exact) mass is 327 g/mol. The van der Waals surface area contributed by atoms with Gasteiger partial charge in [0.2, 0.25) is 5.91 Å². The highest BCUT2D eigenvalue weighted by molar-refractivity contribution is 5.76. The molecule has 0 spiro atoms. The summed E-state index contributed by atoms with van der Waals surface area (Å²) >= 11 is 0. The summed E-state index contributed by atoms with van der Waals surface area (Å²) in [6, 6.07) is 8.31. The molecule has 0 N–H and O–H groups in total. The maximum Gasteiger partial charge on any atom is 0.222 e. The summed E-state index contributed by atoms with van der Waals surface area (Å²) < 4.78 is 12.9. The molecular weight excluding hydrogens is 305 g/mol. The van der Waals surface area contributed by atoms with E-state index in [1.54, 1.807) is 18.3 Å². The standard InChI is InChI=1S/C19H22FN3O/c1-14-21-11-10-18(22-14)16-3-2-12-23(13-16)19(24)9-6-15-4-7-17(20)8-5-15/h4-5,7-8,10-11,16H,2-3,6,9,12-13H2,1H3/t16-/m1/s1. The van der Waals surface area contributed by atoms with E-state index in [-0.39, 0.29) is 17.6 Å². The lowest BCUT2D eigenvalue weighted by Gasteiger charge is -2.32. The Labute approximate surface area is 141 Å². The van der Waals surface area contributed by atoms with Crippen molar-refractivity contribution >= 4 is 5.91 Å². The van der Waals surface area contributed by atoms with Gasteiger partial charge in [-0.05, 0) is 49.9 Å². The molecule has 3 rings (SSSR count). The maximum absolute atomic E-state index is 12.9. The summed E-state index contributed by atoms with van der Waals surface area (Å²) in [5, 5.41) is 0. The Morgan fingerprint density at radius 3 is 2.83 bits per heavy atom. The van der Waals surface area contributed by atoms with Crippen LogP contribution in [-0.4, -0.2) is 33.9 Å². The molecule has 1 atom stereocenters. The highest BCUT2D eigenvalue weighted by atomic mass is 19.1. The SMILES string of the molecule is Cc1nccc([C@@H]2CCCN(C(=O)CCc3ccc(F)cc3)C2)n1. The van der Waals surface area contributed by atoms with Crippen LogP contribution in [-0.2, 0) is 11.2 Å². The Kier molecular flexibility index (Phi) is 5.18. The number of benzene rings is 1. The minimum atomic E-state index is -0.246. The Balaban J connectivity index is 1.57. The van der Waals surface area contributed by atoms with Crippen molar-refractivity contribution in [3.05, 3.63) is 59.4 Å². The molecule has 126 valence electrons. The summed E-state index contributed by atoms with van der Waals surface area (Å²) in [4.78, 5) is 23.1. The van der Waals surface area contributed by atoms with Gasteiger partial charge < -0.3 is 4.90 Å². The Hall–Kier alpha value is -2.30. The Morgan fingerprint density at radius 2 is 2.08 bits per heavy atom. The van der Waals surface area contributed by atoms with Crippen LogP contribution in [0.4, 0.5) is 4.39 Å². The van der Waals surface area contributed by atoms with Gasteiger partial charge in [0.15, 0.2) is 0 Å². The third-order valence-electron chi connectivity index (χ3n) is 4.53. The van der Waals surface area contributed by atoms with Crippen LogP contribution < -0.4 is 0 Å². The molecule has 24 heavy (non-hydrogen) atoms. The van der Waals surface area contributed by atoms with Crippen LogP contribution in [0, 0.1) is 12.7 Å². The van der Waals surface area contributed by atoms with Gasteiger partial charge in [0, 0.05) is 37.3 Å². The topological polar surface area (TPSA) is 46.1 Å². The fourth-order valence-electron chi connectivity index (χ4n) is 3.21. The molecule has 1 aliphatic heterocycles. The van der Waals surface area contributed by atoms with Gasteiger partial charge in [-0.25, -0.2) is 14.4 Å². The first kappa shape index (κ1) is 16.6. The first-order valence-corrected chi connectivity index (χ1v) is 8.43. The lowest BCUT2D eigenvalue weighted by Crippen LogP contribution is -2.39. The van der Waals surface area contributed by atoms with Crippen LogP contribution in [0.15, 0.2) is 36.5 Å². The van der Waals surface area contributed by atoms with Gasteiger partial charge in [0.1, 0.15) is 11.6 Å². The fraction of sp³-hybridized carbons (Fsp3) is 0.421. The molecule has 0 aliphatic carbocycles. The zero-order chi connectivity index (χ0) is 16.9. The van der Waals surface area contributed by atoms with E-state index in [1.165, 1.54) is 12.1 Å². The molecule has 0 unspecified atom stereocenters. The van der Waals surface area contributed by atoms with Crippen molar-refractivity contribution in [2.45, 2.75) is 38.5 Å². The van der Waals surface area contributed by atoms with E-state index in [4.69, 9.17) is 0 Å². The van der Waals surface area contributed by atoms with Gasteiger partial charge in [0.05, 0.1) is 0 Å². The van der Waals surface area contributed by atoms with Gasteiger partial charge in [-0.2, -0.15) is 0 Å². The minimum absolute atomic E-state index is 0.162. The van der Waals surface area contributed by atoms with Crippen molar-refractivity contribution in [2.75, 3.05) is 13.1 Å². The number of halogens is 1. The van der Waals surface area contributed by atoms with Gasteiger partial charge >= 0.3 is 0 Å². The Morgan fingerprint density at radius 1 is 1.29 bits per heavy atom. The smallest absolute Gasteiger partial charge is 0.222 e. The second-order valence-electron chi connectivity index (χ2n) is 6.33. The second kappa shape index (κ2) is 7.51. The molecule has 4 nitrogen and oxygen atoms in total. The van der Waals surface area contributed by atoms with Crippen molar-refractivity contribution in [3.63, 3.8) is 0 Å². The van der Waals surface area contributed by atoms with Crippen LogP contribution in [0.1, 0.15) is 42.3 Å². The lowest BCUT2D eigenvalue weighted by molar-refractivity contribution is -0.132. The third kappa shape index (κ3) is 4.16. The van der Waals surface area contributed by atoms with Gasteiger partial charge in [0.25, 0.3) is 0 Å². The number of aryl methyl sites for hydroxylation is 2. The number of likely N-dealkylation sites (tertiary alicyclic amines) is 1. The van der Waals surface area contributed by atoms with E-state index in [9.17, 15) is 9.18 Å². The summed E-state index contributed by atoms with van der Waals surface area (Å²) in [7, 11) is 0. The molecule has 2 aromatic rings. The van der Waals surface area contributed by atoms with E-state index in [0.717, 1.165) is 43.0 Å². The molecule has 1 aliphatic rings. The third-order valence-corrected chi connectivity index (χ3v) is 4.53. The molecule has 1 aromatic carbocycles. The number of carbonyl (C=O) groups excluding carboxylic acids is 1. The molecule has 0 bridgehead atoms. The summed E-state index contributed by atoms with van der Waals surface area (Å²) in [5.74, 6) is 0.973. The molecule has 5 heteroatoms. The molecule has 1 amide bonds. The first-order valence-electron chi connectivity index (χ1n) is 8.43. The first-order chi connectivity index (χ1) is 11.6. The average Bonchev–Trinajstić information content (AvgIpc) is 2.61. The fourth-order valence-corrected chi connectivity index (χ4v) is 3.21. The van der Waals surface area contributed by atoms with Crippen molar-refractivity contribution in [2.24, 2.45) is 0 Å². The lowest BCUT2D eigenvalue weighted by atomic mass is 9.94. The predicted molar refractivity (Wildman–Crippen MR) is 90.0 cm³/mol. The van der Waals surface area contributed by atoms with Crippen LogP contribution in [0.2, 0.25) is 0 Å². The van der Waals surface area contributed by atoms with Crippen molar-refractivity contribution < 1.29 is 9.18 Å². The number of rotatable bonds is 4. The number of hydrogen-bond donors (Lipinski definition) is 0. The highest BCUT2D eigenvalue weighted by Gasteiger charge is 2.25. The minimum Gasteiger partial charge on any atom is -0.342 e. The van der Waals surface area contributed by atoms with Gasteiger partial charge in [-0.1, -0.05) is 12.1 Å². The summed E-state index contributed by atoms with van der Waals surface area (Å²) in [5.41, 5.74) is 2.02. The van der Waals surface area contributed by atoms with Crippen LogP contribution >= 0.6 is 0 Å². The Bertz CT molecular complexity index is 702. The predicted octanol–water partition coefficient (Wildman–Crippen LogP) is 3.26. The molecule has 1 saturated heterocycles. The van der Waals surface area contributed by atoms with E-state index >= 15 is 0 Å². The quantitative estimate of drug-likeness (QED) is 0.866. The van der Waals surface area contributed by atoms with Crippen LogP contribution in [0.25, 0.3) is 0 Å². The van der Waals surface area contributed by atoms with Crippen LogP contribution in [0.5, 0.6) is 0 Å². The summed E-state index contributed by atoms with van der Waals surface area (Å²) in [6.07, 6.45) is 4.94. The summed E-state index contributed by atoms with van der Waals surface area (Å²) in [6.45, 7) is 3.42. The number of nitrogens with zero attached hydrogens (tertiary/aromatic N) is 3. The van der Waals surface area contributed by atoms with E-state index < -0.39 is 0 Å². The number of amides is 1. The number of aromatic nitrogens is 2. The van der Waals surface area contributed by atoms with Crippen molar-refractivity contribution in [1.82, 2.24) is 14.9 Å². The van der Waals surface area contributed by atoms with E-state index in [1.807, 2.05) is 17.9 Å². The average molecular weight is 327 g/mol. The zero-order valence-corrected chi connectivity index (χ0v) is 13.9. The molecule has 1 aromatic heterocycles. The maximum atomic E-state index is 12.9. The van der Waals surface area contributed by atoms with Crippen molar-refractivity contribution in [3.8, 4) is 0 Å². The number of piperidine rings is 1. The van der Waals surface area contributed by atoms with Crippen molar-refractivity contribution in [1.29, 1.82) is 0 Å². The number of carbonyl (C=O) groups is 1. The number of hydrogen-bond acceptors (Lipinski definition) is 3. The molecule has 2 heterocycles. The molecule has 0 saturated carbocycles. The second-order valence-corrected chi connectivity index (χ2v) is 6.33. The largest absolute Gasteiger partial charge is 0.342 e. The zero-order valence-electron chi connectivity index (χ0n) is 13.9. The van der Waals surface area contributed by atoms with E-state index in [2.05, 4.69) is 9.97 Å². The molecular formula is C19H22FN3O. The van der Waals surface area contributed by atoms with Gasteiger partial charge in [-0.15, -0.1) is 0 Å². The highest BCUT2D eigenvalue weighted by Crippen LogP contribution is 2.26.